The monoisotopic (exact) mass is 390 g/mol. The van der Waals surface area contributed by atoms with Crippen molar-refractivity contribution in [3.05, 3.63) is 68.3 Å². The number of aromatic nitrogens is 2. The zero-order chi connectivity index (χ0) is 18.4. The number of rotatable bonds is 7. The minimum Gasteiger partial charge on any atom is -0.486 e. The molecule has 0 unspecified atom stereocenters. The van der Waals surface area contributed by atoms with Crippen molar-refractivity contribution in [3.8, 4) is 5.75 Å². The van der Waals surface area contributed by atoms with Crippen LogP contribution in [0.2, 0.25) is 0 Å². The Morgan fingerprint density at radius 3 is 2.69 bits per heavy atom. The van der Waals surface area contributed by atoms with Crippen molar-refractivity contribution in [1.29, 1.82) is 0 Å². The maximum atomic E-state index is 12.8. The Balaban J connectivity index is 1.45. The highest BCUT2D eigenvalue weighted by Gasteiger charge is 2.06. The molecule has 5 nitrogen and oxygen atoms in total. The van der Waals surface area contributed by atoms with Crippen LogP contribution in [0.3, 0.4) is 0 Å². The third-order valence-electron chi connectivity index (χ3n) is 3.16. The Morgan fingerprint density at radius 2 is 1.96 bits per heavy atom. The Labute approximate surface area is 157 Å². The van der Waals surface area contributed by atoms with Crippen molar-refractivity contribution < 1.29 is 18.7 Å². The molecule has 0 fully saturated rings. The summed E-state index contributed by atoms with van der Waals surface area (Å²) in [7, 11) is 0. The molecule has 3 rings (SSSR count). The highest BCUT2D eigenvalue weighted by atomic mass is 32.1. The van der Waals surface area contributed by atoms with Crippen molar-refractivity contribution in [1.82, 2.24) is 9.97 Å². The van der Waals surface area contributed by atoms with E-state index in [1.54, 1.807) is 18.2 Å². The van der Waals surface area contributed by atoms with Gasteiger partial charge in [0.05, 0.1) is 16.4 Å². The second kappa shape index (κ2) is 8.68. The SMILES string of the molecule is Cc1nc(/C=C/C(=O)OCc2csc(COc3ccc(F)cc3)n2)cs1. The molecule has 0 N–H and O–H groups in total. The lowest BCUT2D eigenvalue weighted by Crippen LogP contribution is -2.01. The van der Waals surface area contributed by atoms with Crippen LogP contribution in [0.15, 0.2) is 41.1 Å². The van der Waals surface area contributed by atoms with Crippen LogP contribution in [-0.4, -0.2) is 15.9 Å². The van der Waals surface area contributed by atoms with Gasteiger partial charge in [0.15, 0.2) is 0 Å². The number of hydrogen-bond donors (Lipinski definition) is 0. The number of carbonyl (C=O) groups is 1. The zero-order valence-corrected chi connectivity index (χ0v) is 15.5. The van der Waals surface area contributed by atoms with Gasteiger partial charge in [-0.2, -0.15) is 0 Å². The van der Waals surface area contributed by atoms with E-state index in [1.165, 1.54) is 40.9 Å². The topological polar surface area (TPSA) is 61.3 Å². The number of halogens is 1. The van der Waals surface area contributed by atoms with Crippen LogP contribution in [0.1, 0.15) is 21.4 Å². The maximum absolute atomic E-state index is 12.8. The molecular weight excluding hydrogens is 375 g/mol. The normalized spacial score (nSPS) is 11.0. The third kappa shape index (κ3) is 5.47. The average molecular weight is 390 g/mol. The van der Waals surface area contributed by atoms with Gasteiger partial charge in [-0.05, 0) is 37.3 Å². The van der Waals surface area contributed by atoms with E-state index in [9.17, 15) is 9.18 Å². The Hall–Kier alpha value is -2.58. The Kier molecular flexibility index (Phi) is 6.08. The van der Waals surface area contributed by atoms with Gasteiger partial charge in [-0.1, -0.05) is 0 Å². The van der Waals surface area contributed by atoms with E-state index in [2.05, 4.69) is 9.97 Å². The number of ether oxygens (including phenoxy) is 2. The van der Waals surface area contributed by atoms with Gasteiger partial charge in [0, 0.05) is 16.8 Å². The van der Waals surface area contributed by atoms with E-state index in [0.717, 1.165) is 15.7 Å². The standard InChI is InChI=1S/C18H15FN2O3S2/c1-12-20-14(10-25-12)4-7-18(22)24-8-15-11-26-17(21-15)9-23-16-5-2-13(19)3-6-16/h2-7,10-11H,8-9H2,1H3/b7-4+. The highest BCUT2D eigenvalue weighted by molar-refractivity contribution is 7.09. The van der Waals surface area contributed by atoms with Crippen molar-refractivity contribution in [3.63, 3.8) is 0 Å². The summed E-state index contributed by atoms with van der Waals surface area (Å²) in [6.07, 6.45) is 2.97. The fourth-order valence-corrected chi connectivity index (χ4v) is 3.23. The van der Waals surface area contributed by atoms with Crippen molar-refractivity contribution in [2.24, 2.45) is 0 Å². The number of aryl methyl sites for hydroxylation is 1. The van der Waals surface area contributed by atoms with E-state index >= 15 is 0 Å². The smallest absolute Gasteiger partial charge is 0.331 e. The minimum atomic E-state index is -0.451. The minimum absolute atomic E-state index is 0.0896. The molecule has 0 saturated carbocycles. The number of thiazole rings is 2. The van der Waals surface area contributed by atoms with Crippen LogP contribution in [-0.2, 0) is 22.7 Å². The Bertz CT molecular complexity index is 903. The number of benzene rings is 1. The van der Waals surface area contributed by atoms with Gasteiger partial charge in [-0.3, -0.25) is 0 Å². The number of hydrogen-bond acceptors (Lipinski definition) is 7. The fourth-order valence-electron chi connectivity index (χ4n) is 1.96. The first-order valence-electron chi connectivity index (χ1n) is 7.67. The first kappa shape index (κ1) is 18.2. The molecule has 8 heteroatoms. The van der Waals surface area contributed by atoms with Crippen LogP contribution in [0.4, 0.5) is 4.39 Å². The first-order valence-corrected chi connectivity index (χ1v) is 9.43. The second-order valence-electron chi connectivity index (χ2n) is 5.21. The highest BCUT2D eigenvalue weighted by Crippen LogP contribution is 2.16. The van der Waals surface area contributed by atoms with E-state index < -0.39 is 5.97 Å². The molecular formula is C18H15FN2O3S2. The van der Waals surface area contributed by atoms with Crippen LogP contribution in [0.5, 0.6) is 5.75 Å². The Morgan fingerprint density at radius 1 is 1.15 bits per heavy atom. The fraction of sp³-hybridized carbons (Fsp3) is 0.167. The molecule has 0 spiro atoms. The molecule has 0 radical (unpaired) electrons. The summed E-state index contributed by atoms with van der Waals surface area (Å²) in [6, 6.07) is 5.79. The summed E-state index contributed by atoms with van der Waals surface area (Å²) in [6.45, 7) is 2.26. The lowest BCUT2D eigenvalue weighted by molar-refractivity contribution is -0.139. The van der Waals surface area contributed by atoms with Crippen LogP contribution >= 0.6 is 22.7 Å². The molecule has 134 valence electrons. The van der Waals surface area contributed by atoms with Gasteiger partial charge >= 0.3 is 5.97 Å². The molecule has 0 saturated heterocycles. The van der Waals surface area contributed by atoms with Crippen molar-refractivity contribution in [2.75, 3.05) is 0 Å². The molecule has 2 heterocycles. The summed E-state index contributed by atoms with van der Waals surface area (Å²) in [5.41, 5.74) is 1.39. The molecule has 1 aromatic carbocycles. The van der Waals surface area contributed by atoms with E-state index in [4.69, 9.17) is 9.47 Å². The summed E-state index contributed by atoms with van der Waals surface area (Å²) in [5.74, 6) is -0.195. The summed E-state index contributed by atoms with van der Waals surface area (Å²) in [5, 5.41) is 5.36. The van der Waals surface area contributed by atoms with Gasteiger partial charge < -0.3 is 9.47 Å². The average Bonchev–Trinajstić information content (AvgIpc) is 3.26. The molecule has 0 aliphatic rings. The third-order valence-corrected chi connectivity index (χ3v) is 4.83. The van der Waals surface area contributed by atoms with Crippen LogP contribution in [0, 0.1) is 12.7 Å². The molecule has 0 atom stereocenters. The number of carbonyl (C=O) groups excluding carboxylic acids is 1. The van der Waals surface area contributed by atoms with Crippen LogP contribution in [0.25, 0.3) is 6.08 Å². The van der Waals surface area contributed by atoms with Gasteiger partial charge in [-0.25, -0.2) is 19.2 Å². The summed E-state index contributed by atoms with van der Waals surface area (Å²) >= 11 is 2.93. The second-order valence-corrected chi connectivity index (χ2v) is 7.21. The van der Waals surface area contributed by atoms with Gasteiger partial charge in [0.2, 0.25) is 0 Å². The van der Waals surface area contributed by atoms with Crippen molar-refractivity contribution in [2.45, 2.75) is 20.1 Å². The van der Waals surface area contributed by atoms with Gasteiger partial charge in [0.1, 0.15) is 29.8 Å². The van der Waals surface area contributed by atoms with E-state index in [-0.39, 0.29) is 19.0 Å². The first-order chi connectivity index (χ1) is 12.6. The molecule has 0 bridgehead atoms. The maximum Gasteiger partial charge on any atom is 0.331 e. The van der Waals surface area contributed by atoms with E-state index in [0.29, 0.717) is 11.4 Å². The molecule has 0 aliphatic carbocycles. The van der Waals surface area contributed by atoms with Crippen molar-refractivity contribution >= 4 is 34.7 Å². The largest absolute Gasteiger partial charge is 0.486 e. The summed E-state index contributed by atoms with van der Waals surface area (Å²) < 4.78 is 23.5. The lowest BCUT2D eigenvalue weighted by Gasteiger charge is -2.03. The molecule has 0 aliphatic heterocycles. The molecule has 26 heavy (non-hydrogen) atoms. The van der Waals surface area contributed by atoms with Gasteiger partial charge in [-0.15, -0.1) is 22.7 Å². The number of nitrogens with zero attached hydrogens (tertiary/aromatic N) is 2. The quantitative estimate of drug-likeness (QED) is 0.442. The van der Waals surface area contributed by atoms with Crippen LogP contribution < -0.4 is 4.74 Å². The molecule has 0 amide bonds. The molecule has 2 aromatic heterocycles. The van der Waals surface area contributed by atoms with E-state index in [1.807, 2.05) is 17.7 Å². The van der Waals surface area contributed by atoms with Gasteiger partial charge in [0.25, 0.3) is 0 Å². The predicted octanol–water partition coefficient (Wildman–Crippen LogP) is 4.38. The predicted molar refractivity (Wildman–Crippen MR) is 98.5 cm³/mol. The lowest BCUT2D eigenvalue weighted by atomic mass is 10.3. The number of esters is 1. The summed E-state index contributed by atoms with van der Waals surface area (Å²) in [4.78, 5) is 20.3. The molecule has 3 aromatic rings. The zero-order valence-electron chi connectivity index (χ0n) is 13.8.